The molecule has 2 saturated carbocycles. The number of hydrogen-bond donors (Lipinski definition) is 5. The van der Waals surface area contributed by atoms with Crippen molar-refractivity contribution in [3.05, 3.63) is 60.2 Å². The number of hydrogen-bond acceptors (Lipinski definition) is 13. The van der Waals surface area contributed by atoms with Gasteiger partial charge in [-0.3, -0.25) is 33.8 Å². The second-order valence-electron chi connectivity index (χ2n) is 19.3. The number of rotatable bonds is 20. The summed E-state index contributed by atoms with van der Waals surface area (Å²) in [5, 5.41) is 15.1. The first kappa shape index (κ1) is 52.8. The molecule has 4 heterocycles. The van der Waals surface area contributed by atoms with Crippen LogP contribution in [0.1, 0.15) is 88.8 Å². The zero-order chi connectivity index (χ0) is 50.8. The van der Waals surface area contributed by atoms with E-state index in [1.54, 1.807) is 30.4 Å². The number of carbonyl (C=O) groups excluding carboxylic acids is 6. The molecule has 7 rings (SSSR count). The molecule has 2 aromatic heterocycles. The molecule has 0 spiro atoms. The second-order valence-corrected chi connectivity index (χ2v) is 19.3. The van der Waals surface area contributed by atoms with E-state index in [-0.39, 0.29) is 129 Å². The molecule has 5 N–H and O–H groups in total. The SMILES string of the molecule is CC(C)N(C)[C@@H]1CC[C@H](N2CC[C@H](Nc3ncnc4ccc(C(F)(F)F)cc34)C2=O)[C@H](NC(=O)[C@H]2CC[C@@H](NC(=O)COCCNC(=O)COCCNC(=O)[C@H]3CC(=O)N(C)[C@@H]3c3cccnc3)CC2)C1. The number of benzene rings is 1. The van der Waals surface area contributed by atoms with Crippen molar-refractivity contribution in [2.75, 3.05) is 65.5 Å². The van der Waals surface area contributed by atoms with Crippen LogP contribution in [0.3, 0.4) is 0 Å². The number of halogens is 3. The number of pyridine rings is 1. The molecule has 71 heavy (non-hydrogen) atoms. The van der Waals surface area contributed by atoms with Crippen LogP contribution >= 0.6 is 0 Å². The number of likely N-dealkylation sites (tertiary alicyclic amines) is 2. The molecule has 4 aliphatic rings. The minimum atomic E-state index is -4.56. The number of aromatic nitrogens is 3. The highest BCUT2D eigenvalue weighted by molar-refractivity contribution is 5.93. The standard InChI is InChI=1S/C49H66F3N11O8/c1-29(2)61(3)34-12-14-40(63-19-15-38(48(63)69)59-45-35-22-32(49(50,51)52)9-13-37(35)56-28-57-45)39(23-34)60-46(67)30-7-10-33(11-8-30)58-42(65)27-71-20-17-54-41(64)26-70-21-18-55-47(68)36-24-43(66)62(4)44(36)31-6-5-16-53-25-31/h5-6,9,13,16,22,25,28-30,33-34,36,38-40,44H,7-8,10-12,14-15,17-21,23-24,26-27H2,1-4H3,(H,54,64)(H,55,68)(H,58,65)(H,60,67)(H,56,57,59)/t30-,33+,34-,36+,38+,39-,40+,44-/m1/s1. The van der Waals surface area contributed by atoms with E-state index in [0.29, 0.717) is 57.0 Å². The summed E-state index contributed by atoms with van der Waals surface area (Å²) in [6, 6.07) is 5.43. The van der Waals surface area contributed by atoms with Crippen molar-refractivity contribution in [2.24, 2.45) is 11.8 Å². The molecular formula is C49H66F3N11O8. The normalized spacial score (nSPS) is 24.9. The van der Waals surface area contributed by atoms with Gasteiger partial charge in [-0.05, 0) is 102 Å². The monoisotopic (exact) mass is 994 g/mol. The lowest BCUT2D eigenvalue weighted by molar-refractivity contribution is -0.137. The van der Waals surface area contributed by atoms with Gasteiger partial charge in [0.1, 0.15) is 31.4 Å². The molecule has 22 heteroatoms. The van der Waals surface area contributed by atoms with Crippen LogP contribution in [0.25, 0.3) is 10.9 Å². The van der Waals surface area contributed by atoms with Crippen LogP contribution < -0.4 is 26.6 Å². The predicted molar refractivity (Wildman–Crippen MR) is 254 cm³/mol. The van der Waals surface area contributed by atoms with E-state index >= 15 is 0 Å². The van der Waals surface area contributed by atoms with Crippen molar-refractivity contribution >= 4 is 52.2 Å². The molecule has 0 unspecified atom stereocenters. The van der Waals surface area contributed by atoms with Crippen molar-refractivity contribution in [2.45, 2.75) is 120 Å². The Bertz CT molecular complexity index is 2360. The third-order valence-corrected chi connectivity index (χ3v) is 14.4. The smallest absolute Gasteiger partial charge is 0.370 e. The fraction of sp³-hybridized carbons (Fsp3) is 0.612. The summed E-state index contributed by atoms with van der Waals surface area (Å²) in [4.78, 5) is 96.4. The van der Waals surface area contributed by atoms with E-state index < -0.39 is 29.7 Å². The molecule has 4 fully saturated rings. The molecule has 0 radical (unpaired) electrons. The Hall–Kier alpha value is -6.00. The number of anilines is 1. The van der Waals surface area contributed by atoms with Gasteiger partial charge in [-0.1, -0.05) is 6.07 Å². The fourth-order valence-electron chi connectivity index (χ4n) is 10.3. The fourth-order valence-corrected chi connectivity index (χ4v) is 10.3. The first-order chi connectivity index (χ1) is 34.0. The molecule has 2 aliphatic heterocycles. The Kier molecular flexibility index (Phi) is 17.8. The van der Waals surface area contributed by atoms with Crippen molar-refractivity contribution < 1.29 is 51.4 Å². The number of alkyl halides is 3. The van der Waals surface area contributed by atoms with E-state index in [9.17, 15) is 41.9 Å². The van der Waals surface area contributed by atoms with E-state index in [0.717, 1.165) is 24.1 Å². The minimum Gasteiger partial charge on any atom is -0.370 e. The summed E-state index contributed by atoms with van der Waals surface area (Å²) in [5.41, 5.74) is 0.262. The zero-order valence-electron chi connectivity index (χ0n) is 40.7. The van der Waals surface area contributed by atoms with Gasteiger partial charge in [-0.15, -0.1) is 0 Å². The van der Waals surface area contributed by atoms with Gasteiger partial charge < -0.3 is 50.8 Å². The maximum atomic E-state index is 14.1. The van der Waals surface area contributed by atoms with Crippen molar-refractivity contribution in [1.29, 1.82) is 0 Å². The van der Waals surface area contributed by atoms with E-state index in [2.05, 4.69) is 67.3 Å². The van der Waals surface area contributed by atoms with E-state index in [1.165, 1.54) is 12.4 Å². The Balaban J connectivity index is 0.796. The highest BCUT2D eigenvalue weighted by atomic mass is 19.4. The van der Waals surface area contributed by atoms with Crippen molar-refractivity contribution in [3.63, 3.8) is 0 Å². The van der Waals surface area contributed by atoms with Gasteiger partial charge in [0.05, 0.1) is 48.3 Å². The Morgan fingerprint density at radius 3 is 2.32 bits per heavy atom. The lowest BCUT2D eigenvalue weighted by atomic mass is 9.82. The first-order valence-electron chi connectivity index (χ1n) is 24.5. The van der Waals surface area contributed by atoms with Gasteiger partial charge in [0.25, 0.3) is 0 Å². The molecule has 386 valence electrons. The number of amides is 6. The largest absolute Gasteiger partial charge is 0.416 e. The number of nitrogens with one attached hydrogen (secondary N) is 5. The molecule has 2 saturated heterocycles. The Morgan fingerprint density at radius 2 is 1.62 bits per heavy atom. The minimum absolute atomic E-state index is 0.0870. The van der Waals surface area contributed by atoms with Gasteiger partial charge in [-0.25, -0.2) is 9.97 Å². The van der Waals surface area contributed by atoms with Crippen LogP contribution in [0.4, 0.5) is 19.0 Å². The zero-order valence-corrected chi connectivity index (χ0v) is 40.7. The maximum Gasteiger partial charge on any atom is 0.416 e. The third kappa shape index (κ3) is 13.5. The second kappa shape index (κ2) is 23.9. The molecule has 6 amide bonds. The number of ether oxygens (including phenoxy) is 2. The lowest BCUT2D eigenvalue weighted by Gasteiger charge is -2.45. The van der Waals surface area contributed by atoms with Gasteiger partial charge in [-0.2, -0.15) is 13.2 Å². The van der Waals surface area contributed by atoms with Crippen LogP contribution in [0.5, 0.6) is 0 Å². The molecule has 1 aromatic carbocycles. The molecular weight excluding hydrogens is 928 g/mol. The highest BCUT2D eigenvalue weighted by Gasteiger charge is 2.45. The van der Waals surface area contributed by atoms with Gasteiger partial charge >= 0.3 is 6.18 Å². The van der Waals surface area contributed by atoms with E-state index in [1.807, 2.05) is 11.0 Å². The summed E-state index contributed by atoms with van der Waals surface area (Å²) in [5.74, 6) is -2.08. The van der Waals surface area contributed by atoms with E-state index in [4.69, 9.17) is 9.47 Å². The molecule has 2 aliphatic carbocycles. The quantitative estimate of drug-likeness (QED) is 0.103. The van der Waals surface area contributed by atoms with Gasteiger partial charge in [0.15, 0.2) is 0 Å². The molecule has 19 nitrogen and oxygen atoms in total. The van der Waals surface area contributed by atoms with Gasteiger partial charge in [0.2, 0.25) is 35.4 Å². The van der Waals surface area contributed by atoms with Crippen LogP contribution in [-0.2, 0) is 44.4 Å². The Labute approximate surface area is 411 Å². The third-order valence-electron chi connectivity index (χ3n) is 14.4. The maximum absolute atomic E-state index is 14.1. The first-order valence-corrected chi connectivity index (χ1v) is 24.5. The van der Waals surface area contributed by atoms with Crippen LogP contribution in [0.15, 0.2) is 49.1 Å². The van der Waals surface area contributed by atoms with Crippen LogP contribution in [0, 0.1) is 11.8 Å². The summed E-state index contributed by atoms with van der Waals surface area (Å²) in [6.45, 7) is 4.70. The van der Waals surface area contributed by atoms with Crippen molar-refractivity contribution in [1.82, 2.24) is 50.9 Å². The molecule has 3 aromatic rings. The number of nitrogens with zero attached hydrogens (tertiary/aromatic N) is 6. The average molecular weight is 994 g/mol. The van der Waals surface area contributed by atoms with Crippen molar-refractivity contribution in [3.8, 4) is 0 Å². The number of carbonyl (C=O) groups is 6. The lowest BCUT2D eigenvalue weighted by Crippen LogP contribution is -2.59. The molecule has 0 bridgehead atoms. The number of fused-ring (bicyclic) bond motifs is 1. The topological polar surface area (TPSA) is 229 Å². The van der Waals surface area contributed by atoms with Gasteiger partial charge in [0, 0.05) is 74.9 Å². The average Bonchev–Trinajstić information content (AvgIpc) is 3.86. The highest BCUT2D eigenvalue weighted by Crippen LogP contribution is 2.38. The summed E-state index contributed by atoms with van der Waals surface area (Å²) in [6.07, 6.45) is 4.93. The predicted octanol–water partition coefficient (Wildman–Crippen LogP) is 2.96. The molecule has 6 atom stereocenters. The summed E-state index contributed by atoms with van der Waals surface area (Å²) >= 11 is 0. The Morgan fingerprint density at radius 1 is 0.887 bits per heavy atom. The van der Waals surface area contributed by atoms with Crippen LogP contribution in [-0.4, -0.2) is 162 Å². The summed E-state index contributed by atoms with van der Waals surface area (Å²) < 4.78 is 51.6. The summed E-state index contributed by atoms with van der Waals surface area (Å²) in [7, 11) is 3.73. The van der Waals surface area contributed by atoms with Crippen LogP contribution in [0.2, 0.25) is 0 Å².